The number of alkyl halides is 2. The Morgan fingerprint density at radius 2 is 2.07 bits per heavy atom. The van der Waals surface area contributed by atoms with E-state index in [0.29, 0.717) is 12.8 Å². The summed E-state index contributed by atoms with van der Waals surface area (Å²) in [5.74, 6) is -4.37. The predicted octanol–water partition coefficient (Wildman–Crippen LogP) is 1.24. The van der Waals surface area contributed by atoms with E-state index in [-0.39, 0.29) is 19.4 Å². The first-order valence-corrected chi connectivity index (χ1v) is 4.83. The van der Waals surface area contributed by atoms with E-state index in [1.807, 2.05) is 0 Å². The van der Waals surface area contributed by atoms with E-state index in [1.165, 1.54) is 0 Å². The number of halogens is 2. The van der Waals surface area contributed by atoms with Crippen LogP contribution < -0.4 is 5.32 Å². The number of hydrogen-bond donors (Lipinski definition) is 2. The first kappa shape index (κ1) is 9.83. The Balaban J connectivity index is 2.25. The van der Waals surface area contributed by atoms with Gasteiger partial charge in [0.1, 0.15) is 5.54 Å². The Morgan fingerprint density at radius 3 is 2.57 bits per heavy atom. The fraction of sp³-hybridized carbons (Fsp3) is 0.889. The lowest BCUT2D eigenvalue weighted by molar-refractivity contribution is -0.146. The summed E-state index contributed by atoms with van der Waals surface area (Å²) in [6.45, 7) is 0.124. The van der Waals surface area contributed by atoms with Crippen LogP contribution in [-0.4, -0.2) is 29.1 Å². The average Bonchev–Trinajstić information content (AvgIpc) is 2.34. The molecule has 3 nitrogen and oxygen atoms in total. The number of aliphatic carboxylic acids is 1. The van der Waals surface area contributed by atoms with Gasteiger partial charge in [0.15, 0.2) is 0 Å². The van der Waals surface area contributed by atoms with Crippen LogP contribution in [0.15, 0.2) is 0 Å². The van der Waals surface area contributed by atoms with Gasteiger partial charge in [-0.3, -0.25) is 4.79 Å². The summed E-state index contributed by atoms with van der Waals surface area (Å²) in [7, 11) is 0. The van der Waals surface area contributed by atoms with Gasteiger partial charge in [0, 0.05) is 18.9 Å². The maximum Gasteiger partial charge on any atom is 0.323 e. The summed E-state index contributed by atoms with van der Waals surface area (Å²) in [4.78, 5) is 11.0. The zero-order valence-corrected chi connectivity index (χ0v) is 7.72. The SMILES string of the molecule is O=C(O)C12CCC(CN1)C(F)(F)CC2. The van der Waals surface area contributed by atoms with E-state index in [9.17, 15) is 13.6 Å². The Hall–Kier alpha value is -0.710. The smallest absolute Gasteiger partial charge is 0.323 e. The molecule has 2 heterocycles. The van der Waals surface area contributed by atoms with Gasteiger partial charge in [-0.15, -0.1) is 0 Å². The molecule has 3 fully saturated rings. The van der Waals surface area contributed by atoms with Crippen molar-refractivity contribution in [3.05, 3.63) is 0 Å². The summed E-state index contributed by atoms with van der Waals surface area (Å²) in [6, 6.07) is 0. The summed E-state index contributed by atoms with van der Waals surface area (Å²) in [5.41, 5.74) is -1.09. The van der Waals surface area contributed by atoms with Crippen molar-refractivity contribution in [3.63, 3.8) is 0 Å². The highest BCUT2D eigenvalue weighted by Crippen LogP contribution is 2.43. The molecular formula is C9H13F2NO2. The van der Waals surface area contributed by atoms with Crippen LogP contribution in [0.1, 0.15) is 25.7 Å². The lowest BCUT2D eigenvalue weighted by Crippen LogP contribution is -2.55. The van der Waals surface area contributed by atoms with Gasteiger partial charge in [-0.25, -0.2) is 8.78 Å². The van der Waals surface area contributed by atoms with E-state index in [4.69, 9.17) is 5.11 Å². The first-order chi connectivity index (χ1) is 6.46. The van der Waals surface area contributed by atoms with Gasteiger partial charge in [-0.2, -0.15) is 0 Å². The van der Waals surface area contributed by atoms with E-state index in [1.54, 1.807) is 0 Å². The fourth-order valence-electron chi connectivity index (χ4n) is 2.38. The van der Waals surface area contributed by atoms with Crippen LogP contribution in [0.3, 0.4) is 0 Å². The third-order valence-corrected chi connectivity index (χ3v) is 3.50. The summed E-state index contributed by atoms with van der Waals surface area (Å²) >= 11 is 0. The summed E-state index contributed by atoms with van der Waals surface area (Å²) in [5, 5.41) is 11.8. The molecule has 2 unspecified atom stereocenters. The topological polar surface area (TPSA) is 49.3 Å². The predicted molar refractivity (Wildman–Crippen MR) is 45.3 cm³/mol. The van der Waals surface area contributed by atoms with Crippen LogP contribution in [-0.2, 0) is 4.79 Å². The second kappa shape index (κ2) is 2.89. The molecule has 0 amide bonds. The molecule has 5 heteroatoms. The minimum Gasteiger partial charge on any atom is -0.480 e. The average molecular weight is 205 g/mol. The monoisotopic (exact) mass is 205 g/mol. The number of hydrogen-bond acceptors (Lipinski definition) is 2. The van der Waals surface area contributed by atoms with E-state index >= 15 is 0 Å². The van der Waals surface area contributed by atoms with Gasteiger partial charge in [0.2, 0.25) is 0 Å². The van der Waals surface area contributed by atoms with Crippen molar-refractivity contribution in [2.24, 2.45) is 5.92 Å². The molecule has 1 aliphatic carbocycles. The number of fused-ring (bicyclic) bond motifs is 4. The third kappa shape index (κ3) is 1.30. The molecule has 2 bridgehead atoms. The molecule has 0 radical (unpaired) electrons. The van der Waals surface area contributed by atoms with Crippen LogP contribution in [0.2, 0.25) is 0 Å². The molecule has 0 aromatic rings. The molecule has 14 heavy (non-hydrogen) atoms. The summed E-state index contributed by atoms with van der Waals surface area (Å²) in [6.07, 6.45) is 0.359. The van der Waals surface area contributed by atoms with Crippen LogP contribution in [0.4, 0.5) is 8.78 Å². The molecule has 1 saturated carbocycles. The number of carboxylic acids is 1. The molecule has 0 spiro atoms. The zero-order valence-electron chi connectivity index (χ0n) is 7.72. The van der Waals surface area contributed by atoms with E-state index in [0.717, 1.165) is 0 Å². The second-order valence-electron chi connectivity index (χ2n) is 4.26. The van der Waals surface area contributed by atoms with Crippen LogP contribution in [0, 0.1) is 5.92 Å². The molecule has 80 valence electrons. The maximum absolute atomic E-state index is 13.4. The Morgan fingerprint density at radius 1 is 1.36 bits per heavy atom. The normalized spacial score (nSPS) is 40.6. The van der Waals surface area contributed by atoms with Crippen molar-refractivity contribution < 1.29 is 18.7 Å². The Labute approximate surface area is 80.5 Å². The third-order valence-electron chi connectivity index (χ3n) is 3.50. The summed E-state index contributed by atoms with van der Waals surface area (Å²) < 4.78 is 26.7. The van der Waals surface area contributed by atoms with Crippen molar-refractivity contribution >= 4 is 5.97 Å². The van der Waals surface area contributed by atoms with Gasteiger partial charge >= 0.3 is 5.97 Å². The molecule has 0 aromatic heterocycles. The minimum absolute atomic E-state index is 0.0336. The Bertz CT molecular complexity index is 260. The lowest BCUT2D eigenvalue weighted by atomic mass is 9.86. The van der Waals surface area contributed by atoms with Crippen LogP contribution in [0.25, 0.3) is 0 Å². The van der Waals surface area contributed by atoms with Gasteiger partial charge in [-0.1, -0.05) is 0 Å². The molecular weight excluding hydrogens is 192 g/mol. The fourth-order valence-corrected chi connectivity index (χ4v) is 2.38. The lowest BCUT2D eigenvalue weighted by Gasteiger charge is -2.34. The highest BCUT2D eigenvalue weighted by Gasteiger charge is 2.53. The molecule has 2 aliphatic heterocycles. The molecule has 2 atom stereocenters. The highest BCUT2D eigenvalue weighted by atomic mass is 19.3. The number of piperidine rings is 1. The molecule has 2 saturated heterocycles. The number of carboxylic acid groups (broad SMARTS) is 1. The van der Waals surface area contributed by atoms with Crippen LogP contribution >= 0.6 is 0 Å². The molecule has 3 aliphatic rings. The largest absolute Gasteiger partial charge is 0.480 e. The minimum atomic E-state index is -2.69. The van der Waals surface area contributed by atoms with Gasteiger partial charge in [0.05, 0.1) is 0 Å². The quantitative estimate of drug-likeness (QED) is 0.677. The van der Waals surface area contributed by atoms with Crippen molar-refractivity contribution in [3.8, 4) is 0 Å². The number of carbonyl (C=O) groups is 1. The van der Waals surface area contributed by atoms with Crippen molar-refractivity contribution in [1.82, 2.24) is 5.32 Å². The van der Waals surface area contributed by atoms with Gasteiger partial charge < -0.3 is 10.4 Å². The number of rotatable bonds is 1. The van der Waals surface area contributed by atoms with Crippen molar-refractivity contribution in [1.29, 1.82) is 0 Å². The first-order valence-electron chi connectivity index (χ1n) is 4.83. The van der Waals surface area contributed by atoms with Crippen molar-refractivity contribution in [2.45, 2.75) is 37.1 Å². The van der Waals surface area contributed by atoms with Gasteiger partial charge in [-0.05, 0) is 19.3 Å². The molecule has 2 N–H and O–H groups in total. The van der Waals surface area contributed by atoms with E-state index < -0.39 is 23.3 Å². The van der Waals surface area contributed by atoms with Crippen LogP contribution in [0.5, 0.6) is 0 Å². The maximum atomic E-state index is 13.4. The van der Waals surface area contributed by atoms with Gasteiger partial charge in [0.25, 0.3) is 5.92 Å². The van der Waals surface area contributed by atoms with Crippen molar-refractivity contribution in [2.75, 3.05) is 6.54 Å². The zero-order chi connectivity index (χ0) is 10.4. The standard InChI is InChI=1S/C9H13F2NO2/c10-9(11)4-3-8(7(13)14)2-1-6(9)5-12-8/h6,12H,1-5H2,(H,13,14). The Kier molecular flexibility index (Phi) is 2.03. The molecule has 0 aromatic carbocycles. The highest BCUT2D eigenvalue weighted by molar-refractivity contribution is 5.79. The molecule has 3 rings (SSSR count). The second-order valence-corrected chi connectivity index (χ2v) is 4.26. The van der Waals surface area contributed by atoms with E-state index in [2.05, 4.69) is 5.32 Å². The number of nitrogens with one attached hydrogen (secondary N) is 1.